The summed E-state index contributed by atoms with van der Waals surface area (Å²) in [4.78, 5) is 0. The van der Waals surface area contributed by atoms with Gasteiger partial charge in [-0.15, -0.1) is 0 Å². The van der Waals surface area contributed by atoms with Crippen LogP contribution in [0.4, 0.5) is 8.78 Å². The van der Waals surface area contributed by atoms with Gasteiger partial charge in [0.1, 0.15) is 11.4 Å². The van der Waals surface area contributed by atoms with Gasteiger partial charge in [-0.25, -0.2) is 8.78 Å². The highest BCUT2D eigenvalue weighted by atomic mass is 19.2. The van der Waals surface area contributed by atoms with E-state index in [9.17, 15) is 8.78 Å². The van der Waals surface area contributed by atoms with Crippen molar-refractivity contribution in [3.63, 3.8) is 0 Å². The van der Waals surface area contributed by atoms with Crippen molar-refractivity contribution in [1.29, 1.82) is 0 Å². The summed E-state index contributed by atoms with van der Waals surface area (Å²) in [7, 11) is 0. The second-order valence-corrected chi connectivity index (χ2v) is 4.24. The molecule has 1 aliphatic heterocycles. The van der Waals surface area contributed by atoms with Crippen molar-refractivity contribution in [2.45, 2.75) is 32.3 Å². The zero-order valence-corrected chi connectivity index (χ0v) is 8.23. The van der Waals surface area contributed by atoms with Crippen molar-refractivity contribution in [3.8, 4) is 5.75 Å². The Kier molecular flexibility index (Phi) is 1.98. The van der Waals surface area contributed by atoms with Crippen molar-refractivity contribution in [3.05, 3.63) is 29.3 Å². The Balaban J connectivity index is 2.43. The standard InChI is InChI=1S/C11H12F2O/c1-11(2)4-3-7-5-8(12)9(13)6-10(7)14-11/h5-6H,3-4H2,1-2H3. The Morgan fingerprint density at radius 2 is 1.86 bits per heavy atom. The molecule has 0 bridgehead atoms. The highest BCUT2D eigenvalue weighted by Crippen LogP contribution is 2.34. The van der Waals surface area contributed by atoms with E-state index in [4.69, 9.17) is 4.74 Å². The highest BCUT2D eigenvalue weighted by molar-refractivity contribution is 5.37. The molecular formula is C11H12F2O. The molecular weight excluding hydrogens is 186 g/mol. The van der Waals surface area contributed by atoms with Gasteiger partial charge >= 0.3 is 0 Å². The quantitative estimate of drug-likeness (QED) is 0.622. The first-order valence-electron chi connectivity index (χ1n) is 4.65. The normalized spacial score (nSPS) is 18.6. The number of halogens is 2. The summed E-state index contributed by atoms with van der Waals surface area (Å²) in [6.45, 7) is 3.88. The molecule has 1 heterocycles. The smallest absolute Gasteiger partial charge is 0.162 e. The van der Waals surface area contributed by atoms with Crippen LogP contribution in [0.2, 0.25) is 0 Å². The van der Waals surface area contributed by atoms with Crippen LogP contribution >= 0.6 is 0 Å². The summed E-state index contributed by atoms with van der Waals surface area (Å²) in [5.74, 6) is -1.17. The van der Waals surface area contributed by atoms with Gasteiger partial charge in [0, 0.05) is 6.07 Å². The molecule has 0 aliphatic carbocycles. The lowest BCUT2D eigenvalue weighted by Gasteiger charge is -2.32. The molecule has 0 saturated carbocycles. The Labute approximate surface area is 81.7 Å². The van der Waals surface area contributed by atoms with E-state index >= 15 is 0 Å². The molecule has 0 saturated heterocycles. The Bertz CT molecular complexity index is 372. The number of aryl methyl sites for hydroxylation is 1. The van der Waals surface area contributed by atoms with E-state index < -0.39 is 11.6 Å². The van der Waals surface area contributed by atoms with Crippen LogP contribution in [0.25, 0.3) is 0 Å². The predicted octanol–water partition coefficient (Wildman–Crippen LogP) is 3.07. The molecule has 0 radical (unpaired) electrons. The first kappa shape index (κ1) is 9.44. The van der Waals surface area contributed by atoms with Crippen molar-refractivity contribution in [2.24, 2.45) is 0 Å². The minimum absolute atomic E-state index is 0.280. The van der Waals surface area contributed by atoms with E-state index in [-0.39, 0.29) is 5.60 Å². The molecule has 0 unspecified atom stereocenters. The first-order valence-corrected chi connectivity index (χ1v) is 4.65. The lowest BCUT2D eigenvalue weighted by molar-refractivity contribution is 0.0838. The third kappa shape index (κ3) is 1.59. The molecule has 3 heteroatoms. The van der Waals surface area contributed by atoms with Crippen LogP contribution in [0.1, 0.15) is 25.8 Å². The average molecular weight is 198 g/mol. The fourth-order valence-electron chi connectivity index (χ4n) is 1.64. The summed E-state index contributed by atoms with van der Waals surface area (Å²) in [5.41, 5.74) is 0.472. The van der Waals surface area contributed by atoms with Crippen molar-refractivity contribution >= 4 is 0 Å². The SMILES string of the molecule is CC1(C)CCc2cc(F)c(F)cc2O1. The number of fused-ring (bicyclic) bond motifs is 1. The third-order valence-corrected chi connectivity index (χ3v) is 2.49. The van der Waals surface area contributed by atoms with E-state index in [0.29, 0.717) is 5.75 Å². The van der Waals surface area contributed by atoms with Crippen LogP contribution in [0, 0.1) is 11.6 Å². The van der Waals surface area contributed by atoms with E-state index in [1.807, 2.05) is 13.8 Å². The number of hydrogen-bond acceptors (Lipinski definition) is 1. The molecule has 1 aromatic rings. The molecule has 0 N–H and O–H groups in total. The zero-order chi connectivity index (χ0) is 10.3. The number of hydrogen-bond donors (Lipinski definition) is 0. The van der Waals surface area contributed by atoms with Gasteiger partial charge < -0.3 is 4.74 Å². The molecule has 0 aromatic heterocycles. The summed E-state index contributed by atoms with van der Waals surface area (Å²) < 4.78 is 31.3. The van der Waals surface area contributed by atoms with Gasteiger partial charge in [0.2, 0.25) is 0 Å². The van der Waals surface area contributed by atoms with Gasteiger partial charge in [-0.2, -0.15) is 0 Å². The predicted molar refractivity (Wildman–Crippen MR) is 49.4 cm³/mol. The molecule has 0 spiro atoms. The van der Waals surface area contributed by atoms with Crippen LogP contribution in [0.15, 0.2) is 12.1 Å². The maximum absolute atomic E-state index is 12.9. The van der Waals surface area contributed by atoms with Crippen LogP contribution in [-0.2, 0) is 6.42 Å². The average Bonchev–Trinajstić information content (AvgIpc) is 2.07. The minimum Gasteiger partial charge on any atom is -0.487 e. The number of rotatable bonds is 0. The largest absolute Gasteiger partial charge is 0.487 e. The zero-order valence-electron chi connectivity index (χ0n) is 8.23. The van der Waals surface area contributed by atoms with Gasteiger partial charge in [0.25, 0.3) is 0 Å². The van der Waals surface area contributed by atoms with Gasteiger partial charge in [0.15, 0.2) is 11.6 Å². The van der Waals surface area contributed by atoms with Crippen LogP contribution in [0.5, 0.6) is 5.75 Å². The molecule has 1 aromatic carbocycles. The van der Waals surface area contributed by atoms with Crippen LogP contribution in [0.3, 0.4) is 0 Å². The van der Waals surface area contributed by atoms with Crippen LogP contribution < -0.4 is 4.74 Å². The topological polar surface area (TPSA) is 9.23 Å². The maximum Gasteiger partial charge on any atom is 0.162 e. The van der Waals surface area contributed by atoms with E-state index in [1.54, 1.807) is 0 Å². The molecule has 1 nitrogen and oxygen atoms in total. The van der Waals surface area contributed by atoms with Crippen LogP contribution in [-0.4, -0.2) is 5.60 Å². The van der Waals surface area contributed by atoms with Gasteiger partial charge in [-0.3, -0.25) is 0 Å². The lowest BCUT2D eigenvalue weighted by atomic mass is 9.94. The molecule has 2 rings (SSSR count). The summed E-state index contributed by atoms with van der Waals surface area (Å²) in [6.07, 6.45) is 1.56. The molecule has 0 atom stereocenters. The Morgan fingerprint density at radius 1 is 1.21 bits per heavy atom. The van der Waals surface area contributed by atoms with Gasteiger partial charge in [0.05, 0.1) is 0 Å². The Morgan fingerprint density at radius 3 is 2.57 bits per heavy atom. The fraction of sp³-hybridized carbons (Fsp3) is 0.455. The van der Waals surface area contributed by atoms with Crippen molar-refractivity contribution < 1.29 is 13.5 Å². The summed E-state index contributed by atoms with van der Waals surface area (Å²) >= 11 is 0. The van der Waals surface area contributed by atoms with E-state index in [0.717, 1.165) is 24.5 Å². The molecule has 1 aliphatic rings. The summed E-state index contributed by atoms with van der Waals surface area (Å²) in [6, 6.07) is 2.35. The fourth-order valence-corrected chi connectivity index (χ4v) is 1.64. The number of ether oxygens (including phenoxy) is 1. The van der Waals surface area contributed by atoms with Gasteiger partial charge in [-0.1, -0.05) is 0 Å². The third-order valence-electron chi connectivity index (χ3n) is 2.49. The maximum atomic E-state index is 12.9. The monoisotopic (exact) mass is 198 g/mol. The second kappa shape index (κ2) is 2.94. The van der Waals surface area contributed by atoms with Gasteiger partial charge in [-0.05, 0) is 38.3 Å². The number of benzene rings is 1. The minimum atomic E-state index is -0.846. The van der Waals surface area contributed by atoms with Crippen molar-refractivity contribution in [2.75, 3.05) is 0 Å². The first-order chi connectivity index (χ1) is 6.48. The molecule has 76 valence electrons. The molecule has 0 amide bonds. The summed E-state index contributed by atoms with van der Waals surface area (Å²) in [5, 5.41) is 0. The highest BCUT2D eigenvalue weighted by Gasteiger charge is 2.27. The molecule has 14 heavy (non-hydrogen) atoms. The van der Waals surface area contributed by atoms with E-state index in [1.165, 1.54) is 6.07 Å². The lowest BCUT2D eigenvalue weighted by Crippen LogP contribution is -2.32. The van der Waals surface area contributed by atoms with Crippen molar-refractivity contribution in [1.82, 2.24) is 0 Å². The Hall–Kier alpha value is -1.12. The van der Waals surface area contributed by atoms with E-state index in [2.05, 4.69) is 0 Å². The molecule has 0 fully saturated rings. The second-order valence-electron chi connectivity index (χ2n) is 4.24.